The molecule has 0 aliphatic rings. The molecule has 0 aliphatic heterocycles. The van der Waals surface area contributed by atoms with Crippen molar-refractivity contribution in [1.82, 2.24) is 0 Å². The molecular weight excluding hydrogens is 222 g/mol. The number of benzene rings is 2. The summed E-state index contributed by atoms with van der Waals surface area (Å²) in [6.45, 7) is 0. The molecule has 3 nitrogen and oxygen atoms in total. The number of para-hydroxylation sites is 1. The zero-order valence-corrected chi connectivity index (χ0v) is 9.35. The van der Waals surface area contributed by atoms with Crippen molar-refractivity contribution in [3.05, 3.63) is 48.5 Å². The van der Waals surface area contributed by atoms with Crippen molar-refractivity contribution < 1.29 is 8.42 Å². The molecule has 0 unspecified atom stereocenters. The van der Waals surface area contributed by atoms with Crippen LogP contribution in [0, 0.1) is 0 Å². The Morgan fingerprint density at radius 3 is 2.19 bits per heavy atom. The Labute approximate surface area is 95.5 Å². The molecule has 2 aromatic rings. The molecule has 0 saturated carbocycles. The molecule has 0 heterocycles. The van der Waals surface area contributed by atoms with Gasteiger partial charge in [-0.2, -0.15) is 0 Å². The lowest BCUT2D eigenvalue weighted by molar-refractivity contribution is 0.615. The van der Waals surface area contributed by atoms with Gasteiger partial charge in [0.05, 0.1) is 10.6 Å². The van der Waals surface area contributed by atoms with Crippen LogP contribution in [0.4, 0.5) is 5.69 Å². The predicted molar refractivity (Wildman–Crippen MR) is 64.9 cm³/mol. The molecule has 0 amide bonds. The molecule has 4 heteroatoms. The lowest BCUT2D eigenvalue weighted by Crippen LogP contribution is -1.95. The molecule has 2 N–H and O–H groups in total. The van der Waals surface area contributed by atoms with Gasteiger partial charge in [0.2, 0.25) is 0 Å². The monoisotopic (exact) mass is 233 g/mol. The van der Waals surface area contributed by atoms with Gasteiger partial charge in [-0.3, -0.25) is 0 Å². The van der Waals surface area contributed by atoms with Gasteiger partial charge in [0.15, 0.2) is 10.7 Å². The van der Waals surface area contributed by atoms with Gasteiger partial charge in [-0.05, 0) is 11.6 Å². The van der Waals surface area contributed by atoms with Crippen molar-refractivity contribution in [3.63, 3.8) is 0 Å². The van der Waals surface area contributed by atoms with Crippen molar-refractivity contribution in [2.75, 3.05) is 5.73 Å². The topological polar surface area (TPSA) is 60.2 Å². The van der Waals surface area contributed by atoms with Crippen LogP contribution in [0.1, 0.15) is 0 Å². The van der Waals surface area contributed by atoms with E-state index in [1.54, 1.807) is 6.07 Å². The van der Waals surface area contributed by atoms with Crippen LogP contribution in [0.3, 0.4) is 0 Å². The van der Waals surface area contributed by atoms with E-state index in [2.05, 4.69) is 0 Å². The van der Waals surface area contributed by atoms with E-state index in [9.17, 15) is 8.42 Å². The van der Waals surface area contributed by atoms with Gasteiger partial charge < -0.3 is 5.73 Å². The van der Waals surface area contributed by atoms with Crippen molar-refractivity contribution in [2.24, 2.45) is 0 Å². The number of nitrogen functional groups attached to an aromatic ring is 1. The first-order valence-electron chi connectivity index (χ1n) is 4.78. The SMILES string of the molecule is Nc1c(-c2ccccc2)cccc1[SH](=O)=O. The smallest absolute Gasteiger partial charge is 0.170 e. The standard InChI is InChI=1S/C12H11NO2S/c13-12-10(9-5-2-1-3-6-9)7-4-8-11(12)16(14)15/h1-8,16H,13H2. The highest BCUT2D eigenvalue weighted by Crippen LogP contribution is 2.28. The molecule has 0 aliphatic carbocycles. The highest BCUT2D eigenvalue weighted by molar-refractivity contribution is 7.72. The number of hydrogen-bond donors (Lipinski definition) is 2. The predicted octanol–water partition coefficient (Wildman–Crippen LogP) is 1.91. The number of hydrogen-bond acceptors (Lipinski definition) is 3. The first-order valence-corrected chi connectivity index (χ1v) is 5.96. The van der Waals surface area contributed by atoms with Crippen LogP contribution in [0.2, 0.25) is 0 Å². The highest BCUT2D eigenvalue weighted by Gasteiger charge is 2.07. The van der Waals surface area contributed by atoms with Gasteiger partial charge in [0, 0.05) is 5.56 Å². The Kier molecular flexibility index (Phi) is 2.92. The fourth-order valence-electron chi connectivity index (χ4n) is 1.58. The molecular formula is C12H11NO2S. The van der Waals surface area contributed by atoms with Crippen molar-refractivity contribution >= 4 is 16.4 Å². The molecule has 82 valence electrons. The molecule has 2 rings (SSSR count). The quantitative estimate of drug-likeness (QED) is 0.615. The summed E-state index contributed by atoms with van der Waals surface area (Å²) in [5.41, 5.74) is 7.81. The summed E-state index contributed by atoms with van der Waals surface area (Å²) in [5, 5.41) is 0. The zero-order valence-electron chi connectivity index (χ0n) is 8.46. The minimum Gasteiger partial charge on any atom is -0.397 e. The molecule has 0 radical (unpaired) electrons. The largest absolute Gasteiger partial charge is 0.397 e. The summed E-state index contributed by atoms with van der Waals surface area (Å²) < 4.78 is 21.9. The van der Waals surface area contributed by atoms with Crippen molar-refractivity contribution in [3.8, 4) is 11.1 Å². The normalized spacial score (nSPS) is 10.6. The van der Waals surface area contributed by atoms with E-state index in [-0.39, 0.29) is 4.90 Å². The second-order valence-electron chi connectivity index (χ2n) is 3.36. The van der Waals surface area contributed by atoms with Crippen LogP contribution in [-0.4, -0.2) is 8.42 Å². The lowest BCUT2D eigenvalue weighted by atomic mass is 10.0. The lowest BCUT2D eigenvalue weighted by Gasteiger charge is -2.07. The van der Waals surface area contributed by atoms with E-state index in [0.717, 1.165) is 11.1 Å². The van der Waals surface area contributed by atoms with E-state index in [1.807, 2.05) is 36.4 Å². The van der Waals surface area contributed by atoms with E-state index in [0.29, 0.717) is 5.69 Å². The maximum atomic E-state index is 11.0. The van der Waals surface area contributed by atoms with Gasteiger partial charge in [0.1, 0.15) is 0 Å². The Bertz CT molecular complexity index is 569. The fraction of sp³-hybridized carbons (Fsp3) is 0. The van der Waals surface area contributed by atoms with Gasteiger partial charge in [-0.15, -0.1) is 0 Å². The number of nitrogens with two attached hydrogens (primary N) is 1. The van der Waals surface area contributed by atoms with Gasteiger partial charge >= 0.3 is 0 Å². The maximum Gasteiger partial charge on any atom is 0.170 e. The first-order chi connectivity index (χ1) is 7.70. The van der Waals surface area contributed by atoms with Crippen LogP contribution < -0.4 is 5.73 Å². The molecule has 0 bridgehead atoms. The molecule has 0 saturated heterocycles. The van der Waals surface area contributed by atoms with E-state index in [4.69, 9.17) is 5.73 Å². The summed E-state index contributed by atoms with van der Waals surface area (Å²) in [5.74, 6) is 0. The molecule has 0 aromatic heterocycles. The summed E-state index contributed by atoms with van der Waals surface area (Å²) in [7, 11) is -2.65. The third kappa shape index (κ3) is 1.92. The third-order valence-electron chi connectivity index (χ3n) is 2.36. The Morgan fingerprint density at radius 2 is 1.56 bits per heavy atom. The van der Waals surface area contributed by atoms with E-state index in [1.165, 1.54) is 6.07 Å². The van der Waals surface area contributed by atoms with Crippen LogP contribution >= 0.6 is 0 Å². The number of rotatable bonds is 2. The Balaban J connectivity index is 2.64. The molecule has 0 atom stereocenters. The maximum absolute atomic E-state index is 11.0. The van der Waals surface area contributed by atoms with Crippen molar-refractivity contribution in [2.45, 2.75) is 4.90 Å². The van der Waals surface area contributed by atoms with Crippen LogP contribution in [0.15, 0.2) is 53.4 Å². The van der Waals surface area contributed by atoms with Crippen molar-refractivity contribution in [1.29, 1.82) is 0 Å². The third-order valence-corrected chi connectivity index (χ3v) is 3.15. The van der Waals surface area contributed by atoms with E-state index < -0.39 is 10.7 Å². The molecule has 16 heavy (non-hydrogen) atoms. The van der Waals surface area contributed by atoms with Crippen LogP contribution in [0.25, 0.3) is 11.1 Å². The average molecular weight is 233 g/mol. The second-order valence-corrected chi connectivity index (χ2v) is 4.36. The Morgan fingerprint density at radius 1 is 0.875 bits per heavy atom. The summed E-state index contributed by atoms with van der Waals surface area (Å²) in [4.78, 5) is 0.177. The average Bonchev–Trinajstić information content (AvgIpc) is 2.30. The zero-order chi connectivity index (χ0) is 11.5. The summed E-state index contributed by atoms with van der Waals surface area (Å²) in [6, 6.07) is 14.5. The molecule has 2 aromatic carbocycles. The molecule has 0 spiro atoms. The minimum atomic E-state index is -2.65. The number of anilines is 1. The second kappa shape index (κ2) is 4.37. The highest BCUT2D eigenvalue weighted by atomic mass is 32.2. The summed E-state index contributed by atoms with van der Waals surface area (Å²) >= 11 is 0. The fourth-order valence-corrected chi connectivity index (χ4v) is 2.11. The van der Waals surface area contributed by atoms with Gasteiger partial charge in [0.25, 0.3) is 0 Å². The molecule has 0 fully saturated rings. The first kappa shape index (κ1) is 10.7. The van der Waals surface area contributed by atoms with Gasteiger partial charge in [-0.1, -0.05) is 42.5 Å². The Hall–Kier alpha value is -1.81. The van der Waals surface area contributed by atoms with E-state index >= 15 is 0 Å². The summed E-state index contributed by atoms with van der Waals surface area (Å²) in [6.07, 6.45) is 0. The van der Waals surface area contributed by atoms with Crippen LogP contribution in [0.5, 0.6) is 0 Å². The van der Waals surface area contributed by atoms with Crippen LogP contribution in [-0.2, 0) is 10.7 Å². The minimum absolute atomic E-state index is 0.177. The number of thiol groups is 1. The van der Waals surface area contributed by atoms with Gasteiger partial charge in [-0.25, -0.2) is 8.42 Å².